The monoisotopic (exact) mass is 436 g/mol. The van der Waals surface area contributed by atoms with Crippen LogP contribution in [-0.2, 0) is 4.74 Å². The molecule has 0 spiro atoms. The molecule has 2 aliphatic heterocycles. The molecule has 0 amide bonds. The number of pyridine rings is 2. The lowest BCUT2D eigenvalue weighted by atomic mass is 10.1. The maximum atomic E-state index is 15.0. The van der Waals surface area contributed by atoms with Gasteiger partial charge in [0, 0.05) is 44.3 Å². The van der Waals surface area contributed by atoms with Crippen LogP contribution in [-0.4, -0.2) is 61.9 Å². The Balaban J connectivity index is 1.58. The third-order valence-corrected chi connectivity index (χ3v) is 6.32. The van der Waals surface area contributed by atoms with Gasteiger partial charge in [0.1, 0.15) is 11.6 Å². The minimum atomic E-state index is -0.280. The Labute approximate surface area is 187 Å². The van der Waals surface area contributed by atoms with E-state index in [2.05, 4.69) is 38.4 Å². The second-order valence-electron chi connectivity index (χ2n) is 8.47. The third-order valence-electron chi connectivity index (χ3n) is 6.32. The Hall–Kier alpha value is -2.97. The summed E-state index contributed by atoms with van der Waals surface area (Å²) in [5.41, 5.74) is 4.19. The fraction of sp³-hybridized carbons (Fsp3) is 0.417. The molecule has 1 aromatic carbocycles. The third kappa shape index (κ3) is 3.96. The highest BCUT2D eigenvalue weighted by atomic mass is 19.1. The van der Waals surface area contributed by atoms with Gasteiger partial charge in [0.05, 0.1) is 53.6 Å². The van der Waals surface area contributed by atoms with Crippen LogP contribution < -0.4 is 20.4 Å². The minimum absolute atomic E-state index is 0.280. The minimum Gasteiger partial charge on any atom is -0.378 e. The first-order valence-corrected chi connectivity index (χ1v) is 11.2. The number of nitrogens with zero attached hydrogens (tertiary/aromatic N) is 4. The van der Waals surface area contributed by atoms with Crippen molar-refractivity contribution in [2.75, 3.05) is 61.1 Å². The number of nitrogens with one attached hydrogen (secondary N) is 2. The largest absolute Gasteiger partial charge is 0.378 e. The molecule has 3 aromatic rings. The molecule has 2 saturated heterocycles. The van der Waals surface area contributed by atoms with Gasteiger partial charge in [-0.15, -0.1) is 0 Å². The quantitative estimate of drug-likeness (QED) is 0.649. The molecule has 2 fully saturated rings. The standard InChI is InChI=1S/C24H29FN6O/c1-16-13-26-6-7-31(16)24-17(2)23(22-20(25)4-3-5-21(22)29-24)28-18-12-19(15-27-14-18)30-8-10-32-11-9-30/h3-5,12,14-16,26H,6-11,13H2,1-2H3,(H,28,29). The van der Waals surface area contributed by atoms with Crippen LogP contribution in [0.4, 0.5) is 27.3 Å². The number of anilines is 4. The van der Waals surface area contributed by atoms with Gasteiger partial charge in [-0.3, -0.25) is 4.98 Å². The zero-order valence-corrected chi connectivity index (χ0v) is 18.6. The van der Waals surface area contributed by atoms with Crippen LogP contribution in [0.1, 0.15) is 12.5 Å². The van der Waals surface area contributed by atoms with E-state index in [4.69, 9.17) is 9.72 Å². The maximum absolute atomic E-state index is 15.0. The fourth-order valence-corrected chi connectivity index (χ4v) is 4.58. The second kappa shape index (κ2) is 8.88. The summed E-state index contributed by atoms with van der Waals surface area (Å²) in [6.45, 7) is 9.97. The zero-order valence-electron chi connectivity index (χ0n) is 18.6. The van der Waals surface area contributed by atoms with Crippen LogP contribution in [0.5, 0.6) is 0 Å². The molecule has 1 atom stereocenters. The SMILES string of the molecule is Cc1c(N2CCNCC2C)nc2cccc(F)c2c1Nc1cncc(N2CCOCC2)c1. The Bertz CT molecular complexity index is 1120. The highest BCUT2D eigenvalue weighted by molar-refractivity contribution is 5.97. The molecule has 7 nitrogen and oxygen atoms in total. The van der Waals surface area contributed by atoms with Crippen molar-refractivity contribution >= 4 is 33.8 Å². The number of ether oxygens (including phenoxy) is 1. The lowest BCUT2D eigenvalue weighted by molar-refractivity contribution is 0.122. The van der Waals surface area contributed by atoms with Crippen molar-refractivity contribution in [2.24, 2.45) is 0 Å². The number of aromatic nitrogens is 2. The molecule has 2 aromatic heterocycles. The molecule has 2 N–H and O–H groups in total. The van der Waals surface area contributed by atoms with E-state index >= 15 is 4.39 Å². The lowest BCUT2D eigenvalue weighted by Gasteiger charge is -2.36. The van der Waals surface area contributed by atoms with Crippen molar-refractivity contribution in [1.82, 2.24) is 15.3 Å². The predicted octanol–water partition coefficient (Wildman–Crippen LogP) is 3.46. The van der Waals surface area contributed by atoms with Gasteiger partial charge in [-0.1, -0.05) is 6.07 Å². The Morgan fingerprint density at radius 1 is 1.19 bits per heavy atom. The summed E-state index contributed by atoms with van der Waals surface area (Å²) in [5.74, 6) is 0.620. The molecule has 0 bridgehead atoms. The van der Waals surface area contributed by atoms with E-state index in [-0.39, 0.29) is 5.82 Å². The average molecular weight is 437 g/mol. The second-order valence-corrected chi connectivity index (χ2v) is 8.47. The van der Waals surface area contributed by atoms with Crippen LogP contribution in [0.15, 0.2) is 36.7 Å². The van der Waals surface area contributed by atoms with Crippen molar-refractivity contribution in [3.63, 3.8) is 0 Å². The van der Waals surface area contributed by atoms with Crippen LogP contribution >= 0.6 is 0 Å². The summed E-state index contributed by atoms with van der Waals surface area (Å²) in [5, 5.41) is 7.42. The number of fused-ring (bicyclic) bond motifs is 1. The predicted molar refractivity (Wildman–Crippen MR) is 127 cm³/mol. The van der Waals surface area contributed by atoms with E-state index in [1.165, 1.54) is 6.07 Å². The first-order valence-electron chi connectivity index (χ1n) is 11.2. The van der Waals surface area contributed by atoms with Crippen molar-refractivity contribution in [1.29, 1.82) is 0 Å². The van der Waals surface area contributed by atoms with Gasteiger partial charge in [-0.2, -0.15) is 0 Å². The number of piperazine rings is 1. The molecule has 0 radical (unpaired) electrons. The van der Waals surface area contributed by atoms with Crippen molar-refractivity contribution < 1.29 is 9.13 Å². The van der Waals surface area contributed by atoms with Crippen LogP contribution in [0, 0.1) is 12.7 Å². The summed E-state index contributed by atoms with van der Waals surface area (Å²) < 4.78 is 20.5. The highest BCUT2D eigenvalue weighted by Crippen LogP contribution is 2.37. The molecule has 32 heavy (non-hydrogen) atoms. The Morgan fingerprint density at radius 3 is 2.84 bits per heavy atom. The van der Waals surface area contributed by atoms with E-state index in [0.29, 0.717) is 30.2 Å². The van der Waals surface area contributed by atoms with Gasteiger partial charge in [-0.05, 0) is 32.0 Å². The molecule has 8 heteroatoms. The summed E-state index contributed by atoms with van der Waals surface area (Å²) in [6.07, 6.45) is 3.64. The first-order chi connectivity index (χ1) is 15.6. The first kappa shape index (κ1) is 20.9. The summed E-state index contributed by atoms with van der Waals surface area (Å²) in [6, 6.07) is 7.46. The number of halogens is 1. The molecule has 168 valence electrons. The summed E-state index contributed by atoms with van der Waals surface area (Å²) >= 11 is 0. The molecule has 2 aliphatic rings. The summed E-state index contributed by atoms with van der Waals surface area (Å²) in [4.78, 5) is 13.9. The van der Waals surface area contributed by atoms with Gasteiger partial charge in [0.2, 0.25) is 0 Å². The normalized spacial score (nSPS) is 19.4. The number of rotatable bonds is 4. The summed E-state index contributed by atoms with van der Waals surface area (Å²) in [7, 11) is 0. The van der Waals surface area contributed by atoms with Crippen LogP contribution in [0.3, 0.4) is 0 Å². The average Bonchev–Trinajstić information content (AvgIpc) is 2.82. The van der Waals surface area contributed by atoms with E-state index in [1.807, 2.05) is 19.2 Å². The van der Waals surface area contributed by atoms with Gasteiger partial charge >= 0.3 is 0 Å². The van der Waals surface area contributed by atoms with E-state index < -0.39 is 0 Å². The smallest absolute Gasteiger partial charge is 0.134 e. The van der Waals surface area contributed by atoms with Gasteiger partial charge in [-0.25, -0.2) is 9.37 Å². The lowest BCUT2D eigenvalue weighted by Crippen LogP contribution is -2.50. The van der Waals surface area contributed by atoms with Crippen molar-refractivity contribution in [3.05, 3.63) is 48.0 Å². The van der Waals surface area contributed by atoms with Crippen molar-refractivity contribution in [3.8, 4) is 0 Å². The molecule has 1 unspecified atom stereocenters. The number of hydrogen-bond acceptors (Lipinski definition) is 7. The van der Waals surface area contributed by atoms with Gasteiger partial charge in [0.15, 0.2) is 0 Å². The number of morpholine rings is 1. The fourth-order valence-electron chi connectivity index (χ4n) is 4.58. The van der Waals surface area contributed by atoms with E-state index in [9.17, 15) is 0 Å². The molecular weight excluding hydrogens is 407 g/mol. The number of hydrogen-bond donors (Lipinski definition) is 2. The maximum Gasteiger partial charge on any atom is 0.134 e. The van der Waals surface area contributed by atoms with Crippen LogP contribution in [0.2, 0.25) is 0 Å². The molecule has 0 saturated carbocycles. The van der Waals surface area contributed by atoms with Gasteiger partial charge in [0.25, 0.3) is 0 Å². The van der Waals surface area contributed by atoms with Crippen LogP contribution in [0.25, 0.3) is 10.9 Å². The van der Waals surface area contributed by atoms with Crippen molar-refractivity contribution in [2.45, 2.75) is 19.9 Å². The van der Waals surface area contributed by atoms with E-state index in [1.54, 1.807) is 12.3 Å². The Morgan fingerprint density at radius 2 is 2.03 bits per heavy atom. The van der Waals surface area contributed by atoms with E-state index in [0.717, 1.165) is 61.2 Å². The Kier molecular flexibility index (Phi) is 5.80. The topological polar surface area (TPSA) is 65.5 Å². The molecule has 4 heterocycles. The molecule has 5 rings (SSSR count). The van der Waals surface area contributed by atoms with Gasteiger partial charge < -0.3 is 25.2 Å². The molecule has 0 aliphatic carbocycles. The number of benzene rings is 1. The highest BCUT2D eigenvalue weighted by Gasteiger charge is 2.24. The molecular formula is C24H29FN6O. The zero-order chi connectivity index (χ0) is 22.1.